The number of hydrazone groups is 1. The number of nitrogens with one attached hydrogen (secondary N) is 1. The van der Waals surface area contributed by atoms with Crippen molar-refractivity contribution < 1.29 is 14.6 Å². The Labute approximate surface area is 148 Å². The van der Waals surface area contributed by atoms with Crippen LogP contribution in [0.5, 0.6) is 11.5 Å². The van der Waals surface area contributed by atoms with Gasteiger partial charge < -0.3 is 9.84 Å². The molecule has 0 radical (unpaired) electrons. The van der Waals surface area contributed by atoms with Gasteiger partial charge in [-0.25, -0.2) is 5.43 Å². The Bertz CT molecular complexity index is 745. The van der Waals surface area contributed by atoms with E-state index >= 15 is 0 Å². The van der Waals surface area contributed by atoms with E-state index in [-0.39, 0.29) is 18.3 Å². The Morgan fingerprint density at radius 1 is 1.30 bits per heavy atom. The van der Waals surface area contributed by atoms with Crippen LogP contribution in [0.15, 0.2) is 41.5 Å². The molecule has 0 atom stereocenters. The van der Waals surface area contributed by atoms with Gasteiger partial charge in [-0.2, -0.15) is 5.10 Å². The molecule has 0 spiro atoms. The molecule has 0 aliphatic rings. The van der Waals surface area contributed by atoms with Gasteiger partial charge in [-0.3, -0.25) is 4.79 Å². The van der Waals surface area contributed by atoms with Gasteiger partial charge in [0.15, 0.2) is 6.61 Å². The Balaban J connectivity index is 1.85. The summed E-state index contributed by atoms with van der Waals surface area (Å²) in [6, 6.07) is 10.8. The van der Waals surface area contributed by atoms with Crippen LogP contribution in [0.25, 0.3) is 0 Å². The summed E-state index contributed by atoms with van der Waals surface area (Å²) in [5.74, 6) is 0.561. The monoisotopic (exact) mass is 424 g/mol. The van der Waals surface area contributed by atoms with Crippen LogP contribution in [0.4, 0.5) is 0 Å². The third kappa shape index (κ3) is 5.24. The van der Waals surface area contributed by atoms with Crippen molar-refractivity contribution in [3.05, 3.63) is 56.7 Å². The van der Waals surface area contributed by atoms with E-state index in [0.717, 1.165) is 20.3 Å². The first kappa shape index (κ1) is 17.3. The van der Waals surface area contributed by atoms with Crippen molar-refractivity contribution in [1.29, 1.82) is 0 Å². The van der Waals surface area contributed by atoms with Crippen LogP contribution >= 0.6 is 22.6 Å². The number of carbonyl (C=O) groups is 1. The Kier molecular flexibility index (Phi) is 5.97. The fourth-order valence-corrected chi connectivity index (χ4v) is 2.46. The van der Waals surface area contributed by atoms with Crippen molar-refractivity contribution in [1.82, 2.24) is 5.43 Å². The first-order valence-corrected chi connectivity index (χ1v) is 8.04. The molecular formula is C17H17IN2O3. The molecule has 0 aromatic heterocycles. The maximum absolute atomic E-state index is 11.7. The predicted octanol–water partition coefficient (Wildman–Crippen LogP) is 3.14. The topological polar surface area (TPSA) is 70.9 Å². The Morgan fingerprint density at radius 3 is 2.78 bits per heavy atom. The first-order valence-electron chi connectivity index (χ1n) is 6.96. The zero-order valence-electron chi connectivity index (χ0n) is 12.8. The van der Waals surface area contributed by atoms with Gasteiger partial charge in [0, 0.05) is 0 Å². The number of nitrogens with zero attached hydrogens (tertiary/aromatic N) is 1. The van der Waals surface area contributed by atoms with E-state index in [0.29, 0.717) is 5.75 Å². The van der Waals surface area contributed by atoms with Crippen LogP contribution in [0.3, 0.4) is 0 Å². The minimum atomic E-state index is -0.338. The number of ether oxygens (including phenoxy) is 1. The average molecular weight is 424 g/mol. The van der Waals surface area contributed by atoms with Crippen LogP contribution in [-0.4, -0.2) is 23.8 Å². The number of phenolic OH excluding ortho intramolecular Hbond substituents is 1. The highest BCUT2D eigenvalue weighted by Crippen LogP contribution is 2.19. The lowest BCUT2D eigenvalue weighted by Gasteiger charge is -2.08. The third-order valence-electron chi connectivity index (χ3n) is 3.06. The second-order valence-electron chi connectivity index (χ2n) is 5.06. The number of aromatic hydroxyl groups is 1. The molecule has 120 valence electrons. The molecule has 2 aromatic rings. The van der Waals surface area contributed by atoms with E-state index in [1.54, 1.807) is 18.2 Å². The Hall–Kier alpha value is -2.09. The van der Waals surface area contributed by atoms with Gasteiger partial charge in [0.2, 0.25) is 0 Å². The van der Waals surface area contributed by atoms with E-state index < -0.39 is 0 Å². The van der Waals surface area contributed by atoms with E-state index in [1.165, 1.54) is 6.21 Å². The summed E-state index contributed by atoms with van der Waals surface area (Å²) < 4.78 is 6.19. The lowest BCUT2D eigenvalue weighted by atomic mass is 10.1. The van der Waals surface area contributed by atoms with Crippen molar-refractivity contribution in [2.75, 3.05) is 6.61 Å². The molecule has 1 amide bonds. The SMILES string of the molecule is Cc1ccc(OCC(=O)N/N=C\c2ccc(O)c(I)c2)c(C)c1. The first-order chi connectivity index (χ1) is 11.0. The van der Waals surface area contributed by atoms with E-state index in [9.17, 15) is 9.90 Å². The summed E-state index contributed by atoms with van der Waals surface area (Å²) in [6.45, 7) is 3.84. The summed E-state index contributed by atoms with van der Waals surface area (Å²) in [6.07, 6.45) is 1.51. The summed E-state index contributed by atoms with van der Waals surface area (Å²) in [5, 5.41) is 13.3. The van der Waals surface area contributed by atoms with Gasteiger partial charge in [0.05, 0.1) is 9.78 Å². The number of phenols is 1. The van der Waals surface area contributed by atoms with Gasteiger partial charge in [-0.1, -0.05) is 17.7 Å². The molecule has 23 heavy (non-hydrogen) atoms. The second kappa shape index (κ2) is 7.96. The highest BCUT2D eigenvalue weighted by molar-refractivity contribution is 14.1. The fourth-order valence-electron chi connectivity index (χ4n) is 1.92. The molecule has 0 bridgehead atoms. The zero-order chi connectivity index (χ0) is 16.8. The van der Waals surface area contributed by atoms with Crippen molar-refractivity contribution in [3.63, 3.8) is 0 Å². The fraction of sp³-hybridized carbons (Fsp3) is 0.176. The maximum atomic E-state index is 11.7. The van der Waals surface area contributed by atoms with Gasteiger partial charge in [-0.05, 0) is 71.8 Å². The number of benzene rings is 2. The van der Waals surface area contributed by atoms with Crippen LogP contribution in [0, 0.1) is 17.4 Å². The number of halogens is 1. The molecule has 0 heterocycles. The smallest absolute Gasteiger partial charge is 0.277 e. The standard InChI is InChI=1S/C17H17IN2O3/c1-11-3-6-16(12(2)7-11)23-10-17(22)20-19-9-13-4-5-15(21)14(18)8-13/h3-9,21H,10H2,1-2H3,(H,20,22)/b19-9-. The number of rotatable bonds is 5. The molecule has 2 aromatic carbocycles. The van der Waals surface area contributed by atoms with Crippen molar-refractivity contribution in [2.45, 2.75) is 13.8 Å². The number of amides is 1. The molecule has 0 fully saturated rings. The van der Waals surface area contributed by atoms with Crippen LogP contribution in [0.2, 0.25) is 0 Å². The highest BCUT2D eigenvalue weighted by Gasteiger charge is 2.04. The van der Waals surface area contributed by atoms with E-state index in [1.807, 2.05) is 54.6 Å². The van der Waals surface area contributed by atoms with Gasteiger partial charge >= 0.3 is 0 Å². The molecule has 2 N–H and O–H groups in total. The molecule has 0 saturated heterocycles. The summed E-state index contributed by atoms with van der Waals surface area (Å²) in [7, 11) is 0. The van der Waals surface area contributed by atoms with Crippen LogP contribution in [-0.2, 0) is 4.79 Å². The summed E-state index contributed by atoms with van der Waals surface area (Å²) in [5.41, 5.74) is 5.32. The highest BCUT2D eigenvalue weighted by atomic mass is 127. The van der Waals surface area contributed by atoms with Crippen molar-refractivity contribution in [2.24, 2.45) is 5.10 Å². The van der Waals surface area contributed by atoms with E-state index in [4.69, 9.17) is 4.74 Å². The minimum Gasteiger partial charge on any atom is -0.507 e. The molecule has 2 rings (SSSR count). The molecule has 0 aliphatic carbocycles. The number of carbonyl (C=O) groups excluding carboxylic acids is 1. The third-order valence-corrected chi connectivity index (χ3v) is 3.93. The Morgan fingerprint density at radius 2 is 2.09 bits per heavy atom. The minimum absolute atomic E-state index is 0.103. The summed E-state index contributed by atoms with van der Waals surface area (Å²) in [4.78, 5) is 11.7. The second-order valence-corrected chi connectivity index (χ2v) is 6.22. The molecule has 0 aliphatic heterocycles. The maximum Gasteiger partial charge on any atom is 0.277 e. The molecular weight excluding hydrogens is 407 g/mol. The van der Waals surface area contributed by atoms with E-state index in [2.05, 4.69) is 10.5 Å². The molecule has 6 heteroatoms. The van der Waals surface area contributed by atoms with Gasteiger partial charge in [0.1, 0.15) is 11.5 Å². The van der Waals surface area contributed by atoms with Gasteiger partial charge in [-0.15, -0.1) is 0 Å². The predicted molar refractivity (Wildman–Crippen MR) is 98.0 cm³/mol. The van der Waals surface area contributed by atoms with Crippen LogP contribution in [0.1, 0.15) is 16.7 Å². The normalized spacial score (nSPS) is 10.7. The summed E-state index contributed by atoms with van der Waals surface area (Å²) >= 11 is 2.02. The van der Waals surface area contributed by atoms with Crippen molar-refractivity contribution >= 4 is 34.7 Å². The van der Waals surface area contributed by atoms with Gasteiger partial charge in [0.25, 0.3) is 5.91 Å². The molecule has 5 nitrogen and oxygen atoms in total. The molecule has 0 saturated carbocycles. The number of hydrogen-bond acceptors (Lipinski definition) is 4. The lowest BCUT2D eigenvalue weighted by molar-refractivity contribution is -0.123. The quantitative estimate of drug-likeness (QED) is 0.440. The molecule has 0 unspecified atom stereocenters. The largest absolute Gasteiger partial charge is 0.507 e. The van der Waals surface area contributed by atoms with Crippen LogP contribution < -0.4 is 10.2 Å². The average Bonchev–Trinajstić information content (AvgIpc) is 2.50. The van der Waals surface area contributed by atoms with Crippen molar-refractivity contribution in [3.8, 4) is 11.5 Å². The zero-order valence-corrected chi connectivity index (χ0v) is 15.0. The lowest BCUT2D eigenvalue weighted by Crippen LogP contribution is -2.24. The number of aryl methyl sites for hydroxylation is 2. The number of hydrogen-bond donors (Lipinski definition) is 2.